The Bertz CT molecular complexity index is 1290. The molecule has 6 N–H and O–H groups in total. The number of nitrogens with two attached hydrogens (primary N) is 1. The van der Waals surface area contributed by atoms with Crippen LogP contribution in [0.5, 0.6) is 5.75 Å². The number of amides is 1. The maximum atomic E-state index is 13.9. The molecule has 9 heteroatoms. The van der Waals surface area contributed by atoms with E-state index in [4.69, 9.17) is 5.73 Å². The van der Waals surface area contributed by atoms with Gasteiger partial charge in [0.1, 0.15) is 22.8 Å². The van der Waals surface area contributed by atoms with Gasteiger partial charge < -0.3 is 26.2 Å². The number of rotatable bonds is 4. The van der Waals surface area contributed by atoms with Crippen LogP contribution in [0.4, 0.5) is 0 Å². The number of Topliss-reactive ketones (excluding diaryl/α,β-unsaturated/α-hetero) is 2. The Kier molecular flexibility index (Phi) is 6.43. The largest absolute Gasteiger partial charge is 0.508 e. The molecule has 0 spiro atoms. The lowest BCUT2D eigenvalue weighted by atomic mass is 9.57. The highest BCUT2D eigenvalue weighted by atomic mass is 16.3. The van der Waals surface area contributed by atoms with Crippen LogP contribution in [0.3, 0.4) is 0 Å². The highest BCUT2D eigenvalue weighted by Crippen LogP contribution is 2.53. The zero-order chi connectivity index (χ0) is 27.7. The van der Waals surface area contributed by atoms with Gasteiger partial charge in [-0.15, -0.1) is 0 Å². The first-order valence-electron chi connectivity index (χ1n) is 13.4. The Morgan fingerprint density at radius 1 is 1.11 bits per heavy atom. The summed E-state index contributed by atoms with van der Waals surface area (Å²) in [6.07, 6.45) is 5.48. The molecule has 0 bridgehead atoms. The number of phenolic OH excluding ortho intramolecular Hbond substituents is 1. The minimum absolute atomic E-state index is 0.0749. The number of aromatic hydroxyl groups is 1. The molecular formula is C29H36N2O7. The van der Waals surface area contributed by atoms with E-state index in [1.807, 2.05) is 12.1 Å². The molecule has 1 aromatic carbocycles. The number of carbonyl (C=O) groups is 3. The van der Waals surface area contributed by atoms with E-state index in [2.05, 4.69) is 6.92 Å². The molecule has 2 fully saturated rings. The topological polar surface area (TPSA) is 161 Å². The fourth-order valence-electron chi connectivity index (χ4n) is 7.27. The number of likely N-dealkylation sites (N-methyl/N-ethyl adjacent to an activating group) is 1. The lowest BCUT2D eigenvalue weighted by Gasteiger charge is -2.50. The molecule has 0 unspecified atom stereocenters. The summed E-state index contributed by atoms with van der Waals surface area (Å²) < 4.78 is 0. The number of hydrogen-bond acceptors (Lipinski definition) is 8. The van der Waals surface area contributed by atoms with Crippen molar-refractivity contribution in [3.05, 3.63) is 45.7 Å². The fraction of sp³-hybridized carbons (Fsp3) is 0.552. The van der Waals surface area contributed by atoms with Gasteiger partial charge in [-0.1, -0.05) is 31.9 Å². The van der Waals surface area contributed by atoms with Crippen LogP contribution < -0.4 is 5.73 Å². The van der Waals surface area contributed by atoms with E-state index in [9.17, 15) is 34.8 Å². The Hall–Kier alpha value is -3.17. The maximum Gasteiger partial charge on any atom is 0.255 e. The number of carbonyl (C=O) groups excluding carboxylic acids is 3. The number of primary amides is 1. The Morgan fingerprint density at radius 2 is 1.76 bits per heavy atom. The first-order chi connectivity index (χ1) is 17.9. The summed E-state index contributed by atoms with van der Waals surface area (Å²) in [6, 6.07) is 2.67. The van der Waals surface area contributed by atoms with Gasteiger partial charge >= 0.3 is 0 Å². The second kappa shape index (κ2) is 9.24. The van der Waals surface area contributed by atoms with Crippen molar-refractivity contribution in [2.45, 2.75) is 63.5 Å². The highest BCUT2D eigenvalue weighted by Gasteiger charge is 2.64. The average molecular weight is 525 g/mol. The van der Waals surface area contributed by atoms with Crippen molar-refractivity contribution >= 4 is 23.2 Å². The molecule has 4 atom stereocenters. The molecule has 1 aromatic rings. The maximum absolute atomic E-state index is 13.9. The van der Waals surface area contributed by atoms with Crippen LogP contribution in [0, 0.1) is 23.7 Å². The van der Waals surface area contributed by atoms with Crippen molar-refractivity contribution in [3.63, 3.8) is 0 Å². The summed E-state index contributed by atoms with van der Waals surface area (Å²) in [5.74, 6) is -5.05. The molecule has 0 aromatic heterocycles. The predicted molar refractivity (Wildman–Crippen MR) is 139 cm³/mol. The lowest BCUT2D eigenvalue weighted by Crippen LogP contribution is -2.65. The van der Waals surface area contributed by atoms with Crippen molar-refractivity contribution < 1.29 is 34.8 Å². The van der Waals surface area contributed by atoms with Gasteiger partial charge in [-0.3, -0.25) is 19.3 Å². The Morgan fingerprint density at radius 3 is 2.37 bits per heavy atom. The van der Waals surface area contributed by atoms with Crippen molar-refractivity contribution in [2.24, 2.45) is 29.4 Å². The number of nitrogens with zero attached hydrogens (tertiary/aromatic N) is 1. The smallest absolute Gasteiger partial charge is 0.255 e. The first-order valence-corrected chi connectivity index (χ1v) is 13.4. The van der Waals surface area contributed by atoms with Crippen LogP contribution in [-0.2, 0) is 27.2 Å². The van der Waals surface area contributed by atoms with Crippen LogP contribution in [0.15, 0.2) is 29.0 Å². The predicted octanol–water partition coefficient (Wildman–Crippen LogP) is 2.33. The summed E-state index contributed by atoms with van der Waals surface area (Å²) in [7, 11) is 3.17. The molecule has 1 amide bonds. The third kappa shape index (κ3) is 3.78. The van der Waals surface area contributed by atoms with Gasteiger partial charge in [-0.05, 0) is 75.1 Å². The molecule has 0 heterocycles. The molecule has 4 aliphatic rings. The molecule has 204 valence electrons. The van der Waals surface area contributed by atoms with Crippen LogP contribution in [0.25, 0.3) is 5.76 Å². The molecular weight excluding hydrogens is 488 g/mol. The van der Waals surface area contributed by atoms with Crippen LogP contribution in [0.2, 0.25) is 0 Å². The SMILES string of the molecule is CC1CCC(Cc2ccc3c(c2O)C(O)=C2C(=O)[C@@]4(O)C(O)=C(C(N)=O)C(=O)[C@H](N(C)C)[C@H]4C[C@H]2C3)CC1. The Labute approximate surface area is 221 Å². The number of ketones is 2. The van der Waals surface area contributed by atoms with Gasteiger partial charge in [0.25, 0.3) is 5.91 Å². The minimum Gasteiger partial charge on any atom is -0.508 e. The van der Waals surface area contributed by atoms with Crippen molar-refractivity contribution in [2.75, 3.05) is 14.1 Å². The minimum atomic E-state index is -2.61. The number of aliphatic hydroxyl groups is 3. The third-order valence-electron chi connectivity index (χ3n) is 9.32. The van der Waals surface area contributed by atoms with Gasteiger partial charge in [0.2, 0.25) is 5.78 Å². The van der Waals surface area contributed by atoms with E-state index in [0.717, 1.165) is 25.7 Å². The monoisotopic (exact) mass is 524 g/mol. The molecule has 0 saturated heterocycles. The van der Waals surface area contributed by atoms with Crippen LogP contribution in [-0.4, -0.2) is 68.5 Å². The van der Waals surface area contributed by atoms with Gasteiger partial charge in [-0.2, -0.15) is 0 Å². The van der Waals surface area contributed by atoms with E-state index >= 15 is 0 Å². The van der Waals surface area contributed by atoms with Crippen LogP contribution in [0.1, 0.15) is 55.7 Å². The standard InChI is InChI=1S/C29H36N2O7/c1-13-4-6-14(7-5-13)10-16-9-8-15-11-17-12-18-22(31(2)3)25(34)21(28(30)37)27(36)29(18,38)26(35)20(17)24(33)19(15)23(16)32/h8-9,13-14,17-18,22,32-33,36,38H,4-7,10-12H2,1-3H3,(H2,30,37)/t13?,14?,17-,18-,22-,29-/m1/s1. The average Bonchev–Trinajstić information content (AvgIpc) is 2.84. The number of hydrogen-bond donors (Lipinski definition) is 5. The summed E-state index contributed by atoms with van der Waals surface area (Å²) >= 11 is 0. The van der Waals surface area contributed by atoms with Gasteiger partial charge in [0.05, 0.1) is 11.6 Å². The summed E-state index contributed by atoms with van der Waals surface area (Å²) in [5, 5.41) is 45.2. The second-order valence-corrected chi connectivity index (χ2v) is 11.9. The van der Waals surface area contributed by atoms with E-state index in [0.29, 0.717) is 35.8 Å². The van der Waals surface area contributed by atoms with E-state index in [1.54, 1.807) is 14.1 Å². The Balaban J connectivity index is 1.59. The van der Waals surface area contributed by atoms with E-state index < -0.39 is 58.0 Å². The van der Waals surface area contributed by atoms with Crippen molar-refractivity contribution in [1.29, 1.82) is 0 Å². The third-order valence-corrected chi connectivity index (χ3v) is 9.32. The lowest BCUT2D eigenvalue weighted by molar-refractivity contribution is -0.153. The number of benzene rings is 1. The highest BCUT2D eigenvalue weighted by molar-refractivity contribution is 6.24. The quantitative estimate of drug-likeness (QED) is 0.375. The number of phenols is 1. The van der Waals surface area contributed by atoms with Gasteiger partial charge in [-0.25, -0.2) is 0 Å². The zero-order valence-electron chi connectivity index (χ0n) is 22.0. The molecule has 9 nitrogen and oxygen atoms in total. The molecule has 0 radical (unpaired) electrons. The van der Waals surface area contributed by atoms with E-state index in [-0.39, 0.29) is 23.3 Å². The van der Waals surface area contributed by atoms with Crippen LogP contribution >= 0.6 is 0 Å². The zero-order valence-corrected chi connectivity index (χ0v) is 22.0. The van der Waals surface area contributed by atoms with Crippen molar-refractivity contribution in [1.82, 2.24) is 4.90 Å². The molecule has 38 heavy (non-hydrogen) atoms. The molecule has 5 rings (SSSR count). The van der Waals surface area contributed by atoms with E-state index in [1.165, 1.54) is 4.90 Å². The normalized spacial score (nSPS) is 33.2. The number of fused-ring (bicyclic) bond motifs is 3. The summed E-state index contributed by atoms with van der Waals surface area (Å²) in [5.41, 5.74) is 3.37. The summed E-state index contributed by atoms with van der Waals surface area (Å²) in [4.78, 5) is 40.6. The molecule has 4 aliphatic carbocycles. The van der Waals surface area contributed by atoms with Gasteiger partial charge in [0.15, 0.2) is 11.4 Å². The number of aliphatic hydroxyl groups excluding tert-OH is 2. The molecule has 0 aliphatic heterocycles. The van der Waals surface area contributed by atoms with Gasteiger partial charge in [0, 0.05) is 11.5 Å². The first kappa shape index (κ1) is 26.4. The molecule has 2 saturated carbocycles. The second-order valence-electron chi connectivity index (χ2n) is 11.9. The summed E-state index contributed by atoms with van der Waals surface area (Å²) in [6.45, 7) is 2.25. The fourth-order valence-corrected chi connectivity index (χ4v) is 7.27. The van der Waals surface area contributed by atoms with Crippen molar-refractivity contribution in [3.8, 4) is 5.75 Å².